The lowest BCUT2D eigenvalue weighted by Crippen LogP contribution is -2.41. The molecule has 76 valence electrons. The zero-order valence-electron chi connectivity index (χ0n) is 6.90. The molecule has 0 radical (unpaired) electrons. The largest absolute Gasteiger partial charge is 0.353 e. The lowest BCUT2D eigenvalue weighted by Gasteiger charge is -2.09. The van der Waals surface area contributed by atoms with Gasteiger partial charge in [0.1, 0.15) is 5.69 Å². The number of nitrogens with two attached hydrogens (primary N) is 1. The fraction of sp³-hybridized carbons (Fsp3) is 0. The molecule has 0 atom stereocenters. The molecular weight excluding hydrogens is 210 g/mol. The molecule has 0 heterocycles. The fourth-order valence-electron chi connectivity index (χ4n) is 0.890. The summed E-state index contributed by atoms with van der Waals surface area (Å²) in [7, 11) is -4.38. The number of anilines is 1. The van der Waals surface area contributed by atoms with E-state index in [1.807, 2.05) is 0 Å². The van der Waals surface area contributed by atoms with E-state index in [4.69, 9.17) is 0 Å². The van der Waals surface area contributed by atoms with Crippen LogP contribution in [0, 0.1) is 10.1 Å². The number of hydrazine groups is 1. The standard InChI is InChI=1S/C6H7N3O4S/c7-14(12,13)8(9(10)11)6-4-2-1-3-5-6/h1-5H,(H2,7,12,13). The van der Waals surface area contributed by atoms with Gasteiger partial charge in [-0.1, -0.05) is 18.2 Å². The van der Waals surface area contributed by atoms with Gasteiger partial charge in [0.05, 0.1) is 0 Å². The van der Waals surface area contributed by atoms with Gasteiger partial charge in [-0.3, -0.25) is 0 Å². The van der Waals surface area contributed by atoms with E-state index < -0.39 is 15.2 Å². The number of rotatable bonds is 3. The van der Waals surface area contributed by atoms with Crippen LogP contribution in [0.15, 0.2) is 30.3 Å². The Kier molecular flexibility index (Phi) is 2.68. The van der Waals surface area contributed by atoms with Crippen LogP contribution in [0.4, 0.5) is 5.69 Å². The van der Waals surface area contributed by atoms with Crippen molar-refractivity contribution in [3.05, 3.63) is 40.4 Å². The molecule has 0 aliphatic carbocycles. The first kappa shape index (κ1) is 10.4. The lowest BCUT2D eigenvalue weighted by molar-refractivity contribution is -0.474. The smallest absolute Gasteiger partial charge is 0.233 e. The van der Waals surface area contributed by atoms with Crippen molar-refractivity contribution in [2.45, 2.75) is 0 Å². The third kappa shape index (κ3) is 2.18. The van der Waals surface area contributed by atoms with E-state index in [-0.39, 0.29) is 10.1 Å². The summed E-state index contributed by atoms with van der Waals surface area (Å²) < 4.78 is 21.6. The fourth-order valence-corrected chi connectivity index (χ4v) is 1.49. The van der Waals surface area contributed by atoms with Gasteiger partial charge in [0.2, 0.25) is 0 Å². The summed E-state index contributed by atoms with van der Waals surface area (Å²) >= 11 is 0. The third-order valence-corrected chi connectivity index (χ3v) is 2.19. The van der Waals surface area contributed by atoms with Crippen LogP contribution in [0.1, 0.15) is 0 Å². The first-order valence-electron chi connectivity index (χ1n) is 3.45. The summed E-state index contributed by atoms with van der Waals surface area (Å²) in [5.74, 6) is 0. The Labute approximate surface area is 80.1 Å². The zero-order chi connectivity index (χ0) is 10.8. The summed E-state index contributed by atoms with van der Waals surface area (Å²) in [6, 6.07) is 7.08. The minimum Gasteiger partial charge on any atom is -0.233 e. The molecule has 2 N–H and O–H groups in total. The Morgan fingerprint density at radius 1 is 1.29 bits per heavy atom. The average molecular weight is 217 g/mol. The molecule has 1 aromatic rings. The molecule has 0 amide bonds. The second-order valence-corrected chi connectivity index (χ2v) is 3.74. The van der Waals surface area contributed by atoms with Crippen molar-refractivity contribution in [3.63, 3.8) is 0 Å². The molecular formula is C6H7N3O4S. The molecule has 0 aliphatic rings. The minimum atomic E-state index is -4.38. The van der Waals surface area contributed by atoms with Gasteiger partial charge in [-0.15, -0.1) is 0 Å². The maximum atomic E-state index is 10.8. The molecule has 0 bridgehead atoms. The van der Waals surface area contributed by atoms with Gasteiger partial charge in [0.15, 0.2) is 5.03 Å². The maximum Gasteiger partial charge on any atom is 0.353 e. The third-order valence-electron chi connectivity index (χ3n) is 1.37. The van der Waals surface area contributed by atoms with Gasteiger partial charge < -0.3 is 0 Å². The molecule has 8 heteroatoms. The molecule has 0 aliphatic heterocycles. The number of benzene rings is 1. The highest BCUT2D eigenvalue weighted by atomic mass is 32.2. The van der Waals surface area contributed by atoms with E-state index in [1.54, 1.807) is 6.07 Å². The van der Waals surface area contributed by atoms with Crippen LogP contribution < -0.4 is 9.55 Å². The van der Waals surface area contributed by atoms with E-state index in [0.717, 1.165) is 0 Å². The molecule has 1 aromatic carbocycles. The highest BCUT2D eigenvalue weighted by Crippen LogP contribution is 2.14. The Bertz CT molecular complexity index is 430. The molecule has 7 nitrogen and oxygen atoms in total. The number of nitro groups is 1. The van der Waals surface area contributed by atoms with Crippen molar-refractivity contribution in [1.82, 2.24) is 0 Å². The van der Waals surface area contributed by atoms with Crippen LogP contribution in [-0.4, -0.2) is 13.5 Å². The van der Waals surface area contributed by atoms with Crippen molar-refractivity contribution in [1.29, 1.82) is 0 Å². The van der Waals surface area contributed by atoms with Gasteiger partial charge in [0.25, 0.3) is 0 Å². The number of hydrogen-bond acceptors (Lipinski definition) is 4. The van der Waals surface area contributed by atoms with Gasteiger partial charge in [-0.2, -0.15) is 8.42 Å². The Morgan fingerprint density at radius 2 is 1.79 bits per heavy atom. The van der Waals surface area contributed by atoms with Crippen molar-refractivity contribution in [2.24, 2.45) is 5.14 Å². The summed E-state index contributed by atoms with van der Waals surface area (Å²) in [6.07, 6.45) is 0. The first-order valence-corrected chi connectivity index (χ1v) is 4.95. The Hall–Kier alpha value is -1.67. The second kappa shape index (κ2) is 3.60. The highest BCUT2D eigenvalue weighted by Gasteiger charge is 2.28. The van der Waals surface area contributed by atoms with Crippen molar-refractivity contribution < 1.29 is 13.5 Å². The molecule has 0 unspecified atom stereocenters. The zero-order valence-corrected chi connectivity index (χ0v) is 7.72. The molecule has 0 saturated heterocycles. The van der Waals surface area contributed by atoms with Gasteiger partial charge >= 0.3 is 10.2 Å². The molecule has 0 saturated carbocycles. The van der Waals surface area contributed by atoms with Crippen molar-refractivity contribution in [3.8, 4) is 0 Å². The predicted octanol–water partition coefficient (Wildman–Crippen LogP) is -0.112. The Morgan fingerprint density at radius 3 is 2.14 bits per heavy atom. The highest BCUT2D eigenvalue weighted by molar-refractivity contribution is 7.90. The molecule has 14 heavy (non-hydrogen) atoms. The van der Waals surface area contributed by atoms with E-state index in [9.17, 15) is 18.5 Å². The lowest BCUT2D eigenvalue weighted by atomic mass is 10.3. The summed E-state index contributed by atoms with van der Waals surface area (Å²) in [5, 5.41) is 14.0. The van der Waals surface area contributed by atoms with Crippen LogP contribution in [0.2, 0.25) is 0 Å². The van der Waals surface area contributed by atoms with E-state index >= 15 is 0 Å². The maximum absolute atomic E-state index is 10.8. The van der Waals surface area contributed by atoms with Crippen LogP contribution >= 0.6 is 0 Å². The average Bonchev–Trinajstić information content (AvgIpc) is 2.02. The van der Waals surface area contributed by atoms with Crippen LogP contribution in [0.25, 0.3) is 0 Å². The van der Waals surface area contributed by atoms with Gasteiger partial charge in [-0.25, -0.2) is 15.3 Å². The van der Waals surface area contributed by atoms with Crippen LogP contribution in [0.3, 0.4) is 0 Å². The Balaban J connectivity index is 3.22. The normalized spacial score (nSPS) is 10.9. The van der Waals surface area contributed by atoms with E-state index in [2.05, 4.69) is 5.14 Å². The topological polar surface area (TPSA) is 107 Å². The summed E-state index contributed by atoms with van der Waals surface area (Å²) in [4.78, 5) is 10.4. The minimum absolute atomic E-state index is 0.0903. The SMILES string of the molecule is NS(=O)(=O)N(c1ccccc1)[N+](=O)[O-]. The number of hydrogen-bond donors (Lipinski definition) is 1. The second-order valence-electron chi connectivity index (χ2n) is 2.36. The van der Waals surface area contributed by atoms with Crippen LogP contribution in [0.5, 0.6) is 0 Å². The van der Waals surface area contributed by atoms with E-state index in [0.29, 0.717) is 0 Å². The van der Waals surface area contributed by atoms with Crippen LogP contribution in [-0.2, 0) is 10.2 Å². The predicted molar refractivity (Wildman–Crippen MR) is 49.0 cm³/mol. The molecule has 0 spiro atoms. The summed E-state index contributed by atoms with van der Waals surface area (Å²) in [6.45, 7) is 0. The number of nitrogens with zero attached hydrogens (tertiary/aromatic N) is 2. The molecule has 1 rings (SSSR count). The molecule has 0 fully saturated rings. The van der Waals surface area contributed by atoms with Gasteiger partial charge in [0, 0.05) is 4.41 Å². The summed E-state index contributed by atoms with van der Waals surface area (Å²) in [5.41, 5.74) is -0.111. The van der Waals surface area contributed by atoms with Crippen molar-refractivity contribution >= 4 is 15.9 Å². The van der Waals surface area contributed by atoms with Gasteiger partial charge in [-0.05, 0) is 12.1 Å². The monoisotopic (exact) mass is 217 g/mol. The number of para-hydroxylation sites is 1. The quantitative estimate of drug-likeness (QED) is 0.562. The van der Waals surface area contributed by atoms with E-state index in [1.165, 1.54) is 24.3 Å². The van der Waals surface area contributed by atoms with Crippen molar-refractivity contribution in [2.75, 3.05) is 4.41 Å². The first-order chi connectivity index (χ1) is 6.43. The molecule has 0 aromatic heterocycles.